The molecule has 1 aromatic heterocycles. The van der Waals surface area contributed by atoms with Gasteiger partial charge in [0.15, 0.2) is 5.58 Å². The van der Waals surface area contributed by atoms with Crippen molar-refractivity contribution in [3.63, 3.8) is 0 Å². The van der Waals surface area contributed by atoms with E-state index in [4.69, 9.17) is 20.8 Å². The second kappa shape index (κ2) is 7.66. The summed E-state index contributed by atoms with van der Waals surface area (Å²) in [5, 5.41) is 10.7. The van der Waals surface area contributed by atoms with Crippen molar-refractivity contribution in [3.8, 4) is 23.0 Å². The van der Waals surface area contributed by atoms with Crippen LogP contribution in [0.4, 0.5) is 5.69 Å². The van der Waals surface area contributed by atoms with Crippen LogP contribution in [0.2, 0.25) is 5.02 Å². The molecule has 0 aliphatic rings. The number of methoxy groups -OCH3 is 1. The Morgan fingerprint density at radius 1 is 1.18 bits per heavy atom. The summed E-state index contributed by atoms with van der Waals surface area (Å²) in [7, 11) is 1.57. The Morgan fingerprint density at radius 2 is 2.00 bits per heavy atom. The van der Waals surface area contributed by atoms with Crippen LogP contribution >= 0.6 is 27.5 Å². The lowest BCUT2D eigenvalue weighted by Gasteiger charge is -2.06. The molecule has 1 N–H and O–H groups in total. The quantitative estimate of drug-likeness (QED) is 0.361. The Kier molecular flexibility index (Phi) is 5.07. The number of oxazole rings is 1. The van der Waals surface area contributed by atoms with Crippen LogP contribution in [0.15, 0.2) is 68.5 Å². The van der Waals surface area contributed by atoms with Crippen LogP contribution in [0.25, 0.3) is 22.6 Å². The van der Waals surface area contributed by atoms with Gasteiger partial charge in [-0.1, -0.05) is 23.7 Å². The molecule has 0 radical (unpaired) electrons. The molecule has 4 aromatic rings. The maximum atomic E-state index is 10.2. The van der Waals surface area contributed by atoms with Crippen LogP contribution < -0.4 is 4.74 Å². The first-order valence-electron chi connectivity index (χ1n) is 8.31. The molecular weight excluding hydrogens is 444 g/mol. The summed E-state index contributed by atoms with van der Waals surface area (Å²) >= 11 is 9.33. The molecule has 7 heteroatoms. The van der Waals surface area contributed by atoms with Gasteiger partial charge >= 0.3 is 0 Å². The van der Waals surface area contributed by atoms with Crippen LogP contribution in [0.1, 0.15) is 5.56 Å². The molecule has 28 heavy (non-hydrogen) atoms. The van der Waals surface area contributed by atoms with E-state index in [2.05, 4.69) is 25.9 Å². The van der Waals surface area contributed by atoms with Crippen molar-refractivity contribution in [3.05, 3.63) is 69.7 Å². The van der Waals surface area contributed by atoms with E-state index < -0.39 is 0 Å². The van der Waals surface area contributed by atoms with Crippen molar-refractivity contribution in [2.75, 3.05) is 7.11 Å². The number of benzene rings is 3. The number of aromatic nitrogens is 1. The lowest BCUT2D eigenvalue weighted by atomic mass is 10.1. The lowest BCUT2D eigenvalue weighted by molar-refractivity contribution is 0.416. The molecule has 0 bridgehead atoms. The smallest absolute Gasteiger partial charge is 0.227 e. The molecule has 0 atom stereocenters. The monoisotopic (exact) mass is 456 g/mol. The fourth-order valence-electron chi connectivity index (χ4n) is 2.74. The molecule has 4 rings (SSSR count). The minimum Gasteiger partial charge on any atom is -0.506 e. The van der Waals surface area contributed by atoms with E-state index >= 15 is 0 Å². The topological polar surface area (TPSA) is 67.9 Å². The summed E-state index contributed by atoms with van der Waals surface area (Å²) in [5.74, 6) is 1.13. The summed E-state index contributed by atoms with van der Waals surface area (Å²) in [5.41, 5.74) is 3.31. The van der Waals surface area contributed by atoms with Crippen molar-refractivity contribution in [2.24, 2.45) is 4.99 Å². The van der Waals surface area contributed by atoms with Gasteiger partial charge in [0.05, 0.1) is 11.6 Å². The predicted molar refractivity (Wildman–Crippen MR) is 114 cm³/mol. The van der Waals surface area contributed by atoms with Gasteiger partial charge in [-0.25, -0.2) is 4.98 Å². The number of aromatic hydroxyl groups is 1. The minimum atomic E-state index is 0.0576. The first-order chi connectivity index (χ1) is 13.5. The average molecular weight is 458 g/mol. The number of aliphatic imine (C=N–C) groups is 1. The standard InChI is InChI=1S/C21H14BrClN2O3/c1-27-18-7-6-12(21-25-16-4-2-3-5-19(16)28-21)9-17(18)24-11-13-8-14(23)10-15(22)20(13)26/h2-11,26H,1H3. The average Bonchev–Trinajstić information content (AvgIpc) is 3.13. The van der Waals surface area contributed by atoms with Gasteiger partial charge in [-0.15, -0.1) is 0 Å². The van der Waals surface area contributed by atoms with Crippen LogP contribution in [0.5, 0.6) is 11.5 Å². The third-order valence-corrected chi connectivity index (χ3v) is 4.94. The van der Waals surface area contributed by atoms with E-state index in [9.17, 15) is 5.11 Å². The zero-order chi connectivity index (χ0) is 19.7. The molecule has 140 valence electrons. The highest BCUT2D eigenvalue weighted by Crippen LogP contribution is 2.35. The van der Waals surface area contributed by atoms with E-state index in [1.807, 2.05) is 36.4 Å². The Balaban J connectivity index is 1.75. The summed E-state index contributed by atoms with van der Waals surface area (Å²) in [6.07, 6.45) is 1.53. The van der Waals surface area contributed by atoms with E-state index in [0.717, 1.165) is 11.1 Å². The number of nitrogens with zero attached hydrogens (tertiary/aromatic N) is 2. The number of para-hydroxylation sites is 2. The first kappa shape index (κ1) is 18.5. The van der Waals surface area contributed by atoms with Crippen molar-refractivity contribution in [1.29, 1.82) is 0 Å². The van der Waals surface area contributed by atoms with Gasteiger partial charge in [-0.2, -0.15) is 0 Å². The maximum absolute atomic E-state index is 10.2. The van der Waals surface area contributed by atoms with Crippen molar-refractivity contribution in [2.45, 2.75) is 0 Å². The van der Waals surface area contributed by atoms with E-state index in [1.54, 1.807) is 25.3 Å². The SMILES string of the molecule is COc1ccc(-c2nc3ccccc3o2)cc1N=Cc1cc(Cl)cc(Br)c1O. The fourth-order valence-corrected chi connectivity index (χ4v) is 3.58. The van der Waals surface area contributed by atoms with Crippen molar-refractivity contribution < 1.29 is 14.3 Å². The molecule has 0 unspecified atom stereocenters. The summed E-state index contributed by atoms with van der Waals surface area (Å²) in [4.78, 5) is 8.98. The normalized spacial score (nSPS) is 11.4. The highest BCUT2D eigenvalue weighted by molar-refractivity contribution is 9.10. The highest BCUT2D eigenvalue weighted by atomic mass is 79.9. The summed E-state index contributed by atoms with van der Waals surface area (Å²) < 4.78 is 11.7. The highest BCUT2D eigenvalue weighted by Gasteiger charge is 2.12. The number of halogens is 2. The fraction of sp³-hybridized carbons (Fsp3) is 0.0476. The van der Waals surface area contributed by atoms with Crippen LogP contribution in [-0.4, -0.2) is 23.4 Å². The van der Waals surface area contributed by atoms with Gasteiger partial charge in [0.25, 0.3) is 0 Å². The van der Waals surface area contributed by atoms with Gasteiger partial charge in [0.2, 0.25) is 5.89 Å². The molecule has 1 heterocycles. The number of hydrogen-bond donors (Lipinski definition) is 1. The summed E-state index contributed by atoms with van der Waals surface area (Å²) in [6.45, 7) is 0. The first-order valence-corrected chi connectivity index (χ1v) is 9.48. The van der Waals surface area contributed by atoms with Gasteiger partial charge in [-0.3, -0.25) is 4.99 Å². The van der Waals surface area contributed by atoms with Crippen LogP contribution in [0.3, 0.4) is 0 Å². The van der Waals surface area contributed by atoms with Gasteiger partial charge < -0.3 is 14.3 Å². The van der Waals surface area contributed by atoms with Crippen molar-refractivity contribution >= 4 is 50.5 Å². The number of ether oxygens (including phenoxy) is 1. The molecule has 0 amide bonds. The number of hydrogen-bond acceptors (Lipinski definition) is 5. The van der Waals surface area contributed by atoms with Crippen LogP contribution in [0, 0.1) is 0 Å². The van der Waals surface area contributed by atoms with E-state index in [0.29, 0.717) is 38.0 Å². The minimum absolute atomic E-state index is 0.0576. The van der Waals surface area contributed by atoms with Gasteiger partial charge in [0.1, 0.15) is 22.7 Å². The van der Waals surface area contributed by atoms with Gasteiger partial charge in [0, 0.05) is 22.4 Å². The molecule has 0 saturated carbocycles. The predicted octanol–water partition coefficient (Wildman–Crippen LogP) is 6.38. The molecular formula is C21H14BrClN2O3. The molecule has 0 aliphatic heterocycles. The number of rotatable bonds is 4. The Morgan fingerprint density at radius 3 is 2.79 bits per heavy atom. The Labute approximate surface area is 174 Å². The third-order valence-electron chi connectivity index (χ3n) is 4.12. The molecule has 3 aromatic carbocycles. The molecule has 5 nitrogen and oxygen atoms in total. The number of fused-ring (bicyclic) bond motifs is 1. The van der Waals surface area contributed by atoms with E-state index in [-0.39, 0.29) is 5.75 Å². The molecule has 0 spiro atoms. The number of phenols is 1. The Hall–Kier alpha value is -2.83. The zero-order valence-electron chi connectivity index (χ0n) is 14.7. The largest absolute Gasteiger partial charge is 0.506 e. The maximum Gasteiger partial charge on any atom is 0.227 e. The third kappa shape index (κ3) is 3.61. The van der Waals surface area contributed by atoms with Gasteiger partial charge in [-0.05, 0) is 58.4 Å². The second-order valence-corrected chi connectivity index (χ2v) is 7.25. The van der Waals surface area contributed by atoms with Crippen LogP contribution in [-0.2, 0) is 0 Å². The molecule has 0 aliphatic carbocycles. The Bertz CT molecular complexity index is 1170. The summed E-state index contributed by atoms with van der Waals surface area (Å²) in [6, 6.07) is 16.3. The molecule has 0 fully saturated rings. The zero-order valence-corrected chi connectivity index (χ0v) is 17.0. The number of phenolic OH excluding ortho intramolecular Hbond substituents is 1. The molecule has 0 saturated heterocycles. The van der Waals surface area contributed by atoms with Crippen molar-refractivity contribution in [1.82, 2.24) is 4.98 Å². The second-order valence-electron chi connectivity index (χ2n) is 5.96. The lowest BCUT2D eigenvalue weighted by Crippen LogP contribution is -1.87. The van der Waals surface area contributed by atoms with E-state index in [1.165, 1.54) is 6.21 Å².